The molecule has 0 aliphatic rings. The number of amides is 1. The molecule has 0 saturated carbocycles. The minimum Gasteiger partial charge on any atom is -0.495 e. The van der Waals surface area contributed by atoms with Gasteiger partial charge in [0.2, 0.25) is 10.0 Å². The highest BCUT2D eigenvalue weighted by molar-refractivity contribution is 7.92. The number of rotatable bonds is 11. The van der Waals surface area contributed by atoms with Crippen molar-refractivity contribution < 1.29 is 31.5 Å². The minimum atomic E-state index is -3.65. The van der Waals surface area contributed by atoms with E-state index in [9.17, 15) is 22.0 Å². The Morgan fingerprint density at radius 2 is 1.79 bits per heavy atom. The summed E-state index contributed by atoms with van der Waals surface area (Å²) in [6, 6.07) is 8.73. The lowest BCUT2D eigenvalue weighted by atomic mass is 10.1. The number of hydrogen-bond donors (Lipinski definition) is 3. The van der Waals surface area contributed by atoms with Crippen LogP contribution in [0.15, 0.2) is 36.4 Å². The number of carbonyl (C=O) groups excluding carboxylic acids is 1. The second-order valence-electron chi connectivity index (χ2n) is 7.45. The topological polar surface area (TPSA) is 124 Å². The molecule has 0 fully saturated rings. The number of methoxy groups -OCH3 is 1. The number of hydrogen-bond acceptors (Lipinski definition) is 5. The molecule has 2 aromatic carbocycles. The van der Waals surface area contributed by atoms with E-state index in [0.717, 1.165) is 12.1 Å². The maximum absolute atomic E-state index is 13.5. The van der Waals surface area contributed by atoms with E-state index in [2.05, 4.69) is 14.4 Å². The number of benzene rings is 2. The average molecular weight is 482 g/mol. The molecule has 4 N–H and O–H groups in total. The van der Waals surface area contributed by atoms with Gasteiger partial charge in [-0.2, -0.15) is 0 Å². The number of nitrogens with one attached hydrogen (secondary N) is 2. The van der Waals surface area contributed by atoms with Gasteiger partial charge < -0.3 is 20.2 Å². The molecular formula is C22H25F2N3O5S. The van der Waals surface area contributed by atoms with Gasteiger partial charge in [0, 0.05) is 28.2 Å². The Balaban J connectivity index is 1.69. The van der Waals surface area contributed by atoms with Gasteiger partial charge in [0.15, 0.2) is 11.6 Å². The van der Waals surface area contributed by atoms with Crippen LogP contribution in [0, 0.1) is 11.6 Å². The molecule has 1 heterocycles. The number of primary amides is 1. The number of aromatic amines is 1. The highest BCUT2D eigenvalue weighted by Gasteiger charge is 2.16. The first-order valence-electron chi connectivity index (χ1n) is 10.3. The largest absolute Gasteiger partial charge is 0.495 e. The Kier molecular flexibility index (Phi) is 7.75. The van der Waals surface area contributed by atoms with Crippen LogP contribution < -0.4 is 15.2 Å². The predicted molar refractivity (Wildman–Crippen MR) is 122 cm³/mol. The molecular weight excluding hydrogens is 456 g/mol. The van der Waals surface area contributed by atoms with Crippen LogP contribution in [-0.4, -0.2) is 39.0 Å². The van der Waals surface area contributed by atoms with Crippen molar-refractivity contribution in [2.24, 2.45) is 5.73 Å². The molecule has 11 heteroatoms. The number of ether oxygens (including phenoxy) is 2. The Hall–Kier alpha value is -3.34. The smallest absolute Gasteiger partial charge is 0.404 e. The summed E-state index contributed by atoms with van der Waals surface area (Å²) in [6.45, 7) is 0.206. The van der Waals surface area contributed by atoms with Crippen LogP contribution in [0.4, 0.5) is 19.3 Å². The third-order valence-electron chi connectivity index (χ3n) is 4.99. The number of nitrogens with two attached hydrogens (primary N) is 1. The maximum Gasteiger partial charge on any atom is 0.404 e. The third-order valence-corrected chi connectivity index (χ3v) is 6.35. The van der Waals surface area contributed by atoms with Gasteiger partial charge in [-0.25, -0.2) is 22.0 Å². The van der Waals surface area contributed by atoms with E-state index in [1.807, 2.05) is 0 Å². The number of carbonyl (C=O) groups is 1. The van der Waals surface area contributed by atoms with E-state index >= 15 is 0 Å². The lowest BCUT2D eigenvalue weighted by Crippen LogP contribution is -2.17. The van der Waals surface area contributed by atoms with Gasteiger partial charge in [0.1, 0.15) is 5.75 Å². The summed E-state index contributed by atoms with van der Waals surface area (Å²) in [7, 11) is -2.23. The number of anilines is 1. The normalized spacial score (nSPS) is 11.5. The van der Waals surface area contributed by atoms with Crippen molar-refractivity contribution in [2.45, 2.75) is 25.7 Å². The molecule has 0 spiro atoms. The van der Waals surface area contributed by atoms with E-state index in [4.69, 9.17) is 10.5 Å². The van der Waals surface area contributed by atoms with Gasteiger partial charge >= 0.3 is 6.09 Å². The van der Waals surface area contributed by atoms with Crippen molar-refractivity contribution in [2.75, 3.05) is 24.2 Å². The van der Waals surface area contributed by atoms with Crippen LogP contribution >= 0.6 is 0 Å². The summed E-state index contributed by atoms with van der Waals surface area (Å²) < 4.78 is 64.6. The van der Waals surface area contributed by atoms with E-state index in [0.29, 0.717) is 53.6 Å². The Labute approximate surface area is 190 Å². The zero-order chi connectivity index (χ0) is 24.0. The van der Waals surface area contributed by atoms with Crippen molar-refractivity contribution in [1.82, 2.24) is 4.98 Å². The van der Waals surface area contributed by atoms with Gasteiger partial charge in [-0.15, -0.1) is 0 Å². The lowest BCUT2D eigenvalue weighted by Gasteiger charge is -2.13. The van der Waals surface area contributed by atoms with Gasteiger partial charge in [0.25, 0.3) is 0 Å². The third kappa shape index (κ3) is 6.58. The van der Waals surface area contributed by atoms with E-state index < -0.39 is 27.8 Å². The molecule has 8 nitrogen and oxygen atoms in total. The fraction of sp³-hybridized carbons (Fsp3) is 0.318. The fourth-order valence-electron chi connectivity index (χ4n) is 3.38. The quantitative estimate of drug-likeness (QED) is 0.348. The second kappa shape index (κ2) is 10.5. The zero-order valence-corrected chi connectivity index (χ0v) is 18.8. The number of fused-ring (bicyclic) bond motifs is 1. The average Bonchev–Trinajstić information content (AvgIpc) is 3.15. The standard InChI is InChI=1S/C22H25F2N3O5S/c1-31-21-7-6-14(18-12-15-10-16(23)17(24)13-19(15)26-18)11-20(21)27-33(29,30)9-5-3-2-4-8-32-22(25)28/h6-7,10-13,26-27H,2-5,8-9H2,1H3,(H2,25,28). The minimum absolute atomic E-state index is 0.0952. The maximum atomic E-state index is 13.5. The van der Waals surface area contributed by atoms with Crippen LogP contribution in [0.5, 0.6) is 5.75 Å². The summed E-state index contributed by atoms with van der Waals surface area (Å²) in [5.74, 6) is -1.67. The molecule has 33 heavy (non-hydrogen) atoms. The Morgan fingerprint density at radius 1 is 1.06 bits per heavy atom. The second-order valence-corrected chi connectivity index (χ2v) is 9.30. The zero-order valence-electron chi connectivity index (χ0n) is 18.0. The molecule has 0 atom stereocenters. The molecule has 178 valence electrons. The molecule has 0 radical (unpaired) electrons. The number of sulfonamides is 1. The van der Waals surface area contributed by atoms with Crippen molar-refractivity contribution in [3.8, 4) is 17.0 Å². The molecule has 0 aliphatic heterocycles. The number of aromatic nitrogens is 1. The molecule has 0 bridgehead atoms. The number of H-pyrrole nitrogens is 1. The van der Waals surface area contributed by atoms with Crippen LogP contribution in [0.1, 0.15) is 25.7 Å². The Bertz CT molecular complexity index is 1210. The Morgan fingerprint density at radius 3 is 2.52 bits per heavy atom. The highest BCUT2D eigenvalue weighted by atomic mass is 32.2. The summed E-state index contributed by atoms with van der Waals surface area (Å²) in [4.78, 5) is 13.5. The molecule has 1 aromatic heterocycles. The molecule has 0 aliphatic carbocycles. The van der Waals surface area contributed by atoms with Crippen LogP contribution in [0.2, 0.25) is 0 Å². The first kappa shape index (κ1) is 24.3. The molecule has 0 unspecified atom stereocenters. The van der Waals surface area contributed by atoms with Crippen LogP contribution in [0.25, 0.3) is 22.2 Å². The predicted octanol–water partition coefficient (Wildman–Crippen LogP) is 4.52. The number of unbranched alkanes of at least 4 members (excludes halogenated alkanes) is 3. The number of halogens is 2. The van der Waals surface area contributed by atoms with Gasteiger partial charge in [-0.1, -0.05) is 12.8 Å². The summed E-state index contributed by atoms with van der Waals surface area (Å²) >= 11 is 0. The van der Waals surface area contributed by atoms with E-state index in [-0.39, 0.29) is 18.0 Å². The monoisotopic (exact) mass is 481 g/mol. The van der Waals surface area contributed by atoms with Crippen molar-refractivity contribution in [1.29, 1.82) is 0 Å². The summed E-state index contributed by atoms with van der Waals surface area (Å²) in [6.07, 6.45) is 1.54. The highest BCUT2D eigenvalue weighted by Crippen LogP contribution is 2.33. The molecule has 3 rings (SSSR count). The molecule has 0 saturated heterocycles. The molecule has 1 amide bonds. The van der Waals surface area contributed by atoms with Crippen molar-refractivity contribution >= 4 is 32.7 Å². The van der Waals surface area contributed by atoms with Crippen molar-refractivity contribution in [3.05, 3.63) is 48.0 Å². The summed E-state index contributed by atoms with van der Waals surface area (Å²) in [5.41, 5.74) is 6.72. The van der Waals surface area contributed by atoms with Gasteiger partial charge in [-0.05, 0) is 43.2 Å². The van der Waals surface area contributed by atoms with E-state index in [1.165, 1.54) is 7.11 Å². The summed E-state index contributed by atoms with van der Waals surface area (Å²) in [5, 5.41) is 0.489. The fourth-order valence-corrected chi connectivity index (χ4v) is 4.56. The SMILES string of the molecule is COc1ccc(-c2cc3cc(F)c(F)cc3[nH]2)cc1NS(=O)(=O)CCCCCCOC(N)=O. The lowest BCUT2D eigenvalue weighted by molar-refractivity contribution is 0.154. The van der Waals surface area contributed by atoms with Gasteiger partial charge in [-0.3, -0.25) is 4.72 Å². The van der Waals surface area contributed by atoms with Crippen LogP contribution in [-0.2, 0) is 14.8 Å². The van der Waals surface area contributed by atoms with E-state index in [1.54, 1.807) is 24.3 Å². The first-order chi connectivity index (χ1) is 15.7. The van der Waals surface area contributed by atoms with Gasteiger partial charge in [0.05, 0.1) is 25.2 Å². The van der Waals surface area contributed by atoms with Crippen LogP contribution in [0.3, 0.4) is 0 Å². The molecule has 3 aromatic rings. The van der Waals surface area contributed by atoms with Crippen molar-refractivity contribution in [3.63, 3.8) is 0 Å². The first-order valence-corrected chi connectivity index (χ1v) is 11.9.